The second kappa shape index (κ2) is 4.41. The van der Waals surface area contributed by atoms with Crippen molar-refractivity contribution in [2.75, 3.05) is 0 Å². The van der Waals surface area contributed by atoms with E-state index in [-0.39, 0.29) is 5.96 Å². The molecule has 0 aliphatic rings. The predicted molar refractivity (Wildman–Crippen MR) is 45.6 cm³/mol. The molecule has 0 amide bonds. The van der Waals surface area contributed by atoms with Crippen molar-refractivity contribution < 1.29 is 24.7 Å². The fourth-order valence-corrected chi connectivity index (χ4v) is 1.65. The first-order valence-electron chi connectivity index (χ1n) is 3.48. The summed E-state index contributed by atoms with van der Waals surface area (Å²) >= 11 is 1.65. The molecule has 1 aromatic rings. The maximum absolute atomic E-state index is 5.21. The molecule has 0 aliphatic carbocycles. The summed E-state index contributed by atoms with van der Waals surface area (Å²) in [5, 5.41) is 0. The van der Waals surface area contributed by atoms with Crippen molar-refractivity contribution in [1.82, 2.24) is 0 Å². The molecule has 0 saturated carbocycles. The van der Waals surface area contributed by atoms with Crippen LogP contribution < -0.4 is 14.7 Å². The standard InChI is InChI=1S/C8H10AtN3/c9-7-3-1-2-6(4-7)5-12-8(10)11/h1-4H,5H2,(H4,10,11,12). The van der Waals surface area contributed by atoms with Gasteiger partial charge in [-0.25, -0.2) is 0 Å². The van der Waals surface area contributed by atoms with E-state index in [1.807, 2.05) is 12.1 Å². The molecule has 1 aromatic carbocycles. The zero-order valence-corrected chi connectivity index (χ0v) is 9.44. The number of nitrogens with two attached hydrogens (primary N) is 2. The third-order valence-corrected chi connectivity index (χ3v) is 2.25. The fourth-order valence-electron chi connectivity index (χ4n) is 0.818. The summed E-state index contributed by atoms with van der Waals surface area (Å²) in [7, 11) is 0. The topological polar surface area (TPSA) is 64.4 Å². The zero-order valence-electron chi connectivity index (χ0n) is 6.50. The van der Waals surface area contributed by atoms with Crippen LogP contribution in [-0.2, 0) is 6.54 Å². The van der Waals surface area contributed by atoms with Crippen LogP contribution in [0.1, 0.15) is 5.56 Å². The molecule has 0 spiro atoms. The van der Waals surface area contributed by atoms with Gasteiger partial charge in [-0.2, -0.15) is 0 Å². The van der Waals surface area contributed by atoms with Crippen molar-refractivity contribution >= 4 is 9.23 Å². The Bertz CT molecular complexity index is 292. The van der Waals surface area contributed by atoms with E-state index < -0.39 is 0 Å². The molecule has 3 nitrogen and oxygen atoms in total. The van der Waals surface area contributed by atoms with Gasteiger partial charge in [0.25, 0.3) is 0 Å². The number of hydrogen-bond acceptors (Lipinski definition) is 1. The number of rotatable bonds is 2. The first kappa shape index (κ1) is 9.46. The van der Waals surface area contributed by atoms with Crippen LogP contribution >= 0.6 is 0 Å². The molecule has 0 bridgehead atoms. The van der Waals surface area contributed by atoms with Gasteiger partial charge in [0, 0.05) is 0 Å². The van der Waals surface area contributed by atoms with Crippen molar-refractivity contribution in [3.05, 3.63) is 29.8 Å². The van der Waals surface area contributed by atoms with Gasteiger partial charge in [0.15, 0.2) is 0 Å². The number of hydrogen-bond donors (Lipinski definition) is 2. The third kappa shape index (κ3) is 3.18. The van der Waals surface area contributed by atoms with Crippen molar-refractivity contribution in [2.24, 2.45) is 16.5 Å². The summed E-state index contributed by atoms with van der Waals surface area (Å²) in [6, 6.07) is 8.17. The Labute approximate surface area is 86.7 Å². The molecule has 12 heavy (non-hydrogen) atoms. The van der Waals surface area contributed by atoms with Gasteiger partial charge in [-0.3, -0.25) is 0 Å². The van der Waals surface area contributed by atoms with Crippen LogP contribution in [0.25, 0.3) is 0 Å². The Morgan fingerprint density at radius 2 is 2.17 bits per heavy atom. The van der Waals surface area contributed by atoms with Crippen molar-refractivity contribution in [2.45, 2.75) is 6.54 Å². The zero-order chi connectivity index (χ0) is 8.97. The molecule has 0 heterocycles. The quantitative estimate of drug-likeness (QED) is 0.560. The number of nitrogens with zero attached hydrogens (tertiary/aromatic N) is 1. The van der Waals surface area contributed by atoms with Crippen molar-refractivity contribution in [3.8, 4) is 0 Å². The predicted octanol–water partition coefficient (Wildman–Crippen LogP) is -0.365. The van der Waals surface area contributed by atoms with Gasteiger partial charge in [0.2, 0.25) is 0 Å². The van der Waals surface area contributed by atoms with Gasteiger partial charge in [-0.05, 0) is 0 Å². The fraction of sp³-hybridized carbons (Fsp3) is 0.125. The van der Waals surface area contributed by atoms with Crippen LogP contribution in [0, 0.1) is 24.7 Å². The second-order valence-electron chi connectivity index (χ2n) is 2.37. The van der Waals surface area contributed by atoms with Crippen LogP contribution in [-0.4, -0.2) is 5.96 Å². The molecule has 0 unspecified atom stereocenters. The molecule has 1 rings (SSSR count). The minimum absolute atomic E-state index is 0.140. The van der Waals surface area contributed by atoms with Gasteiger partial charge in [0.05, 0.1) is 0 Å². The summed E-state index contributed by atoms with van der Waals surface area (Å²) in [6.07, 6.45) is 0. The van der Waals surface area contributed by atoms with E-state index in [2.05, 4.69) is 17.1 Å². The third-order valence-electron chi connectivity index (χ3n) is 1.33. The van der Waals surface area contributed by atoms with E-state index in [1.54, 1.807) is 24.7 Å². The normalized spacial score (nSPS) is 9.42. The Kier molecular flexibility index (Phi) is 3.48. The molecule has 0 saturated heterocycles. The summed E-state index contributed by atoms with van der Waals surface area (Å²) in [5.74, 6) is 0.140. The number of aliphatic imine (C=N–C) groups is 1. The van der Waals surface area contributed by atoms with Gasteiger partial charge in [-0.1, -0.05) is 0 Å². The Hall–Kier alpha value is -0.627. The second-order valence-corrected chi connectivity index (χ2v) is 4.07. The van der Waals surface area contributed by atoms with Gasteiger partial charge < -0.3 is 0 Å². The van der Waals surface area contributed by atoms with E-state index in [1.165, 1.54) is 3.27 Å². The molecule has 4 N–H and O–H groups in total. The first-order valence-corrected chi connectivity index (χ1v) is 4.95. The summed E-state index contributed by atoms with van der Waals surface area (Å²) in [5.41, 5.74) is 11.6. The van der Waals surface area contributed by atoms with E-state index in [0.29, 0.717) is 6.54 Å². The molecule has 0 fully saturated rings. The molecular formula is C8H10AtN3. The maximum atomic E-state index is 5.21. The summed E-state index contributed by atoms with van der Waals surface area (Å²) in [6.45, 7) is 0.568. The van der Waals surface area contributed by atoms with Crippen LogP contribution in [0.3, 0.4) is 0 Å². The Morgan fingerprint density at radius 1 is 1.42 bits per heavy atom. The van der Waals surface area contributed by atoms with E-state index >= 15 is 0 Å². The SMILES string of the molecule is NC(N)=NCc1cccc([At])c1. The van der Waals surface area contributed by atoms with Gasteiger partial charge in [0.1, 0.15) is 0 Å². The first-order chi connectivity index (χ1) is 5.68. The molecule has 0 atom stereocenters. The van der Waals surface area contributed by atoms with E-state index in [4.69, 9.17) is 11.5 Å². The van der Waals surface area contributed by atoms with Crippen LogP contribution in [0.4, 0.5) is 0 Å². The van der Waals surface area contributed by atoms with Crippen LogP contribution in [0.5, 0.6) is 0 Å². The monoisotopic (exact) mass is 358 g/mol. The molecule has 0 aliphatic heterocycles. The number of guanidine groups is 1. The van der Waals surface area contributed by atoms with Crippen molar-refractivity contribution in [3.63, 3.8) is 0 Å². The van der Waals surface area contributed by atoms with Crippen LogP contribution in [0.15, 0.2) is 29.3 Å². The summed E-state index contributed by atoms with van der Waals surface area (Å²) < 4.78 is 1.28. The molecule has 4 heteroatoms. The Balaban J connectivity index is 2.70. The molecular weight excluding hydrogens is 348 g/mol. The molecule has 64 valence electrons. The van der Waals surface area contributed by atoms with E-state index in [0.717, 1.165) is 5.56 Å². The minimum atomic E-state index is 0.140. The van der Waals surface area contributed by atoms with Crippen molar-refractivity contribution in [1.29, 1.82) is 0 Å². The van der Waals surface area contributed by atoms with E-state index in [9.17, 15) is 0 Å². The van der Waals surface area contributed by atoms with Gasteiger partial charge >= 0.3 is 86.8 Å². The average Bonchev–Trinajstić information content (AvgIpc) is 2.01. The Morgan fingerprint density at radius 3 is 2.75 bits per heavy atom. The average molecular weight is 358 g/mol. The van der Waals surface area contributed by atoms with Crippen LogP contribution in [0.2, 0.25) is 0 Å². The molecule has 0 radical (unpaired) electrons. The van der Waals surface area contributed by atoms with Gasteiger partial charge in [-0.15, -0.1) is 0 Å². The number of benzene rings is 1. The molecule has 0 aromatic heterocycles. The summed E-state index contributed by atoms with van der Waals surface area (Å²) in [4.78, 5) is 3.91.